The minimum atomic E-state index is -0.773. The van der Waals surface area contributed by atoms with Crippen LogP contribution in [0.15, 0.2) is 58.4 Å². The number of aromatic nitrogens is 2. The first-order valence-electron chi connectivity index (χ1n) is 9.01. The molecule has 3 aromatic rings. The number of hydrogen-bond donors (Lipinski definition) is 1. The predicted molar refractivity (Wildman–Crippen MR) is 112 cm³/mol. The smallest absolute Gasteiger partial charge is 0.266 e. The predicted octanol–water partition coefficient (Wildman–Crippen LogP) is 2.39. The second-order valence-electron chi connectivity index (χ2n) is 6.53. The zero-order valence-corrected chi connectivity index (χ0v) is 16.6. The molecule has 0 saturated carbocycles. The van der Waals surface area contributed by atoms with Gasteiger partial charge in [0.25, 0.3) is 17.2 Å². The quantitative estimate of drug-likeness (QED) is 0.384. The van der Waals surface area contributed by atoms with E-state index in [0.29, 0.717) is 5.69 Å². The molecule has 1 heterocycles. The van der Waals surface area contributed by atoms with E-state index < -0.39 is 16.4 Å². The van der Waals surface area contributed by atoms with Gasteiger partial charge in [-0.2, -0.15) is 20.1 Å². The molecule has 0 saturated heterocycles. The van der Waals surface area contributed by atoms with Crippen molar-refractivity contribution in [3.05, 3.63) is 96.9 Å². The molecule has 0 aliphatic carbocycles. The number of nitrogens with one attached hydrogen (secondary N) is 1. The standard InChI is InChI=1S/C21H16N6O4/c1-13-6-5-8-16(10-13)26-21(29)17(11-22)14(2)19(25-26)20(28)24-23-12-15-7-3-4-9-18(15)27(30)31/h3-10,12H,1-2H3,(H,24,28)/b23-12+. The van der Waals surface area contributed by atoms with Gasteiger partial charge in [0.2, 0.25) is 0 Å². The molecule has 0 unspecified atom stereocenters. The summed E-state index contributed by atoms with van der Waals surface area (Å²) in [6, 6.07) is 14.6. The van der Waals surface area contributed by atoms with E-state index in [4.69, 9.17) is 0 Å². The Labute approximate surface area is 176 Å². The summed E-state index contributed by atoms with van der Waals surface area (Å²) in [5.41, 5.74) is 2.60. The van der Waals surface area contributed by atoms with Crippen LogP contribution in [0.1, 0.15) is 32.7 Å². The van der Waals surface area contributed by atoms with Crippen LogP contribution in [0.2, 0.25) is 0 Å². The summed E-state index contributed by atoms with van der Waals surface area (Å²) in [6.45, 7) is 3.27. The number of nitriles is 1. The zero-order chi connectivity index (χ0) is 22.5. The number of aryl methyl sites for hydroxylation is 1. The van der Waals surface area contributed by atoms with Gasteiger partial charge in [-0.25, -0.2) is 5.43 Å². The Bertz CT molecular complexity index is 1320. The van der Waals surface area contributed by atoms with Crippen molar-refractivity contribution in [3.8, 4) is 11.8 Å². The van der Waals surface area contributed by atoms with Crippen LogP contribution in [0.4, 0.5) is 5.69 Å². The third-order valence-electron chi connectivity index (χ3n) is 4.41. The number of rotatable bonds is 5. The minimum Gasteiger partial charge on any atom is -0.266 e. The second kappa shape index (κ2) is 8.79. The molecule has 0 radical (unpaired) electrons. The Balaban J connectivity index is 1.98. The average Bonchev–Trinajstić information content (AvgIpc) is 2.74. The van der Waals surface area contributed by atoms with Crippen molar-refractivity contribution in [1.82, 2.24) is 15.2 Å². The summed E-state index contributed by atoms with van der Waals surface area (Å²) >= 11 is 0. The molecule has 10 heteroatoms. The summed E-state index contributed by atoms with van der Waals surface area (Å²) in [5, 5.41) is 28.4. The molecule has 0 fully saturated rings. The molecular weight excluding hydrogens is 400 g/mol. The number of carbonyl (C=O) groups is 1. The summed E-state index contributed by atoms with van der Waals surface area (Å²) in [5.74, 6) is -0.773. The fourth-order valence-corrected chi connectivity index (χ4v) is 2.86. The number of nitro benzene ring substituents is 1. The van der Waals surface area contributed by atoms with Crippen LogP contribution in [0.25, 0.3) is 5.69 Å². The molecule has 10 nitrogen and oxygen atoms in total. The van der Waals surface area contributed by atoms with E-state index in [1.807, 2.05) is 19.1 Å². The van der Waals surface area contributed by atoms with E-state index in [0.717, 1.165) is 16.5 Å². The number of hydrazone groups is 1. The van der Waals surface area contributed by atoms with Crippen molar-refractivity contribution in [3.63, 3.8) is 0 Å². The highest BCUT2D eigenvalue weighted by Crippen LogP contribution is 2.15. The molecule has 1 amide bonds. The van der Waals surface area contributed by atoms with E-state index >= 15 is 0 Å². The van der Waals surface area contributed by atoms with Crippen LogP contribution in [0.5, 0.6) is 0 Å². The van der Waals surface area contributed by atoms with Gasteiger partial charge in [0.05, 0.1) is 22.4 Å². The summed E-state index contributed by atoms with van der Waals surface area (Å²) in [6.07, 6.45) is 1.13. The monoisotopic (exact) mass is 416 g/mol. The van der Waals surface area contributed by atoms with Gasteiger partial charge in [-0.15, -0.1) is 0 Å². The van der Waals surface area contributed by atoms with Crippen molar-refractivity contribution in [2.24, 2.45) is 5.10 Å². The number of benzene rings is 2. The van der Waals surface area contributed by atoms with Gasteiger partial charge < -0.3 is 0 Å². The summed E-state index contributed by atoms with van der Waals surface area (Å²) in [4.78, 5) is 35.8. The first kappa shape index (κ1) is 21.1. The molecular formula is C21H16N6O4. The van der Waals surface area contributed by atoms with Crippen molar-refractivity contribution in [1.29, 1.82) is 5.26 Å². The van der Waals surface area contributed by atoms with Crippen molar-refractivity contribution >= 4 is 17.8 Å². The fraction of sp³-hybridized carbons (Fsp3) is 0.0952. The van der Waals surface area contributed by atoms with E-state index in [-0.39, 0.29) is 28.1 Å². The Morgan fingerprint density at radius 2 is 2.00 bits per heavy atom. The molecule has 0 aliphatic heterocycles. The van der Waals surface area contributed by atoms with Gasteiger partial charge in [-0.3, -0.25) is 19.7 Å². The Morgan fingerprint density at radius 1 is 1.26 bits per heavy atom. The number of hydrogen-bond acceptors (Lipinski definition) is 7. The van der Waals surface area contributed by atoms with Crippen molar-refractivity contribution in [2.45, 2.75) is 13.8 Å². The highest BCUT2D eigenvalue weighted by atomic mass is 16.6. The topological polar surface area (TPSA) is 143 Å². The molecule has 1 N–H and O–H groups in total. The number of carbonyl (C=O) groups excluding carboxylic acids is 1. The third kappa shape index (κ3) is 4.35. The first-order valence-corrected chi connectivity index (χ1v) is 9.01. The average molecular weight is 416 g/mol. The molecule has 0 spiro atoms. The van der Waals surface area contributed by atoms with E-state index in [9.17, 15) is 25.0 Å². The molecule has 31 heavy (non-hydrogen) atoms. The third-order valence-corrected chi connectivity index (χ3v) is 4.41. The van der Waals surface area contributed by atoms with E-state index in [1.165, 1.54) is 25.1 Å². The summed E-state index contributed by atoms with van der Waals surface area (Å²) in [7, 11) is 0. The maximum Gasteiger partial charge on any atom is 0.292 e. The highest BCUT2D eigenvalue weighted by Gasteiger charge is 2.20. The Hall–Kier alpha value is -4.65. The second-order valence-corrected chi connectivity index (χ2v) is 6.53. The van der Waals surface area contributed by atoms with E-state index in [2.05, 4.69) is 15.6 Å². The van der Waals surface area contributed by atoms with Crippen LogP contribution in [-0.4, -0.2) is 26.8 Å². The van der Waals surface area contributed by atoms with Crippen LogP contribution < -0.4 is 11.0 Å². The van der Waals surface area contributed by atoms with Gasteiger partial charge in [0.1, 0.15) is 11.6 Å². The zero-order valence-electron chi connectivity index (χ0n) is 16.6. The lowest BCUT2D eigenvalue weighted by Crippen LogP contribution is -2.31. The van der Waals surface area contributed by atoms with Gasteiger partial charge in [-0.1, -0.05) is 24.3 Å². The summed E-state index contributed by atoms with van der Waals surface area (Å²) < 4.78 is 0.985. The largest absolute Gasteiger partial charge is 0.292 e. The molecule has 0 atom stereocenters. The maximum atomic E-state index is 12.7. The Morgan fingerprint density at radius 3 is 2.68 bits per heavy atom. The molecule has 2 aromatic carbocycles. The SMILES string of the molecule is Cc1cccc(-n2nc(C(=O)N/N=C/c3ccccc3[N+](=O)[O-])c(C)c(C#N)c2=O)c1. The number of nitro groups is 1. The van der Waals surface area contributed by atoms with E-state index in [1.54, 1.807) is 24.3 Å². The lowest BCUT2D eigenvalue weighted by molar-refractivity contribution is -0.385. The van der Waals surface area contributed by atoms with Crippen molar-refractivity contribution in [2.75, 3.05) is 0 Å². The molecule has 0 bridgehead atoms. The van der Waals surface area contributed by atoms with Gasteiger partial charge in [0, 0.05) is 11.6 Å². The van der Waals surface area contributed by atoms with Crippen LogP contribution in [0, 0.1) is 35.3 Å². The van der Waals surface area contributed by atoms with Crippen LogP contribution >= 0.6 is 0 Å². The molecule has 3 rings (SSSR count). The Kier molecular flexibility index (Phi) is 5.97. The first-order chi connectivity index (χ1) is 14.8. The normalized spacial score (nSPS) is 10.6. The fourth-order valence-electron chi connectivity index (χ4n) is 2.86. The highest BCUT2D eigenvalue weighted by molar-refractivity contribution is 5.95. The lowest BCUT2D eigenvalue weighted by atomic mass is 10.1. The lowest BCUT2D eigenvalue weighted by Gasteiger charge is -2.11. The van der Waals surface area contributed by atoms with Crippen LogP contribution in [0.3, 0.4) is 0 Å². The number of para-hydroxylation sites is 1. The molecule has 0 aliphatic rings. The molecule has 154 valence electrons. The van der Waals surface area contributed by atoms with Crippen molar-refractivity contribution < 1.29 is 9.72 Å². The minimum absolute atomic E-state index is 0.106. The molecule has 1 aromatic heterocycles. The maximum absolute atomic E-state index is 12.7. The number of amides is 1. The van der Waals surface area contributed by atoms with Gasteiger partial charge >= 0.3 is 0 Å². The van der Waals surface area contributed by atoms with Gasteiger partial charge in [-0.05, 0) is 37.6 Å². The number of nitrogens with zero attached hydrogens (tertiary/aromatic N) is 5. The van der Waals surface area contributed by atoms with Crippen LogP contribution in [-0.2, 0) is 0 Å². The van der Waals surface area contributed by atoms with Gasteiger partial charge in [0.15, 0.2) is 5.69 Å².